The summed E-state index contributed by atoms with van der Waals surface area (Å²) in [7, 11) is 0. The second kappa shape index (κ2) is 4.30. The van der Waals surface area contributed by atoms with Crippen LogP contribution in [-0.2, 0) is 15.5 Å². The summed E-state index contributed by atoms with van der Waals surface area (Å²) >= 11 is -3.51. The molecule has 0 fully saturated rings. The van der Waals surface area contributed by atoms with Crippen LogP contribution in [0.2, 0.25) is 0 Å². The maximum atomic E-state index is 10.7. The Bertz CT molecular complexity index is 106. The molecule has 0 N–H and O–H groups in total. The van der Waals surface area contributed by atoms with E-state index >= 15 is 0 Å². The van der Waals surface area contributed by atoms with Gasteiger partial charge in [0.05, 0.1) is 11.4 Å². The van der Waals surface area contributed by atoms with Crippen molar-refractivity contribution in [2.75, 3.05) is 0 Å². The van der Waals surface area contributed by atoms with Crippen LogP contribution in [0.15, 0.2) is 0 Å². The summed E-state index contributed by atoms with van der Waals surface area (Å²) in [5.74, 6) is 0. The molecule has 0 saturated carbocycles. The van der Waals surface area contributed by atoms with Crippen molar-refractivity contribution in [2.45, 2.75) is 6.36 Å². The first-order valence-electron chi connectivity index (χ1n) is 1.27. The number of hydrogen-bond donors (Lipinski definition) is 0. The van der Waals surface area contributed by atoms with E-state index in [-0.39, 0.29) is 20.3 Å². The van der Waals surface area contributed by atoms with E-state index in [2.05, 4.69) is 4.18 Å². The average Bonchev–Trinajstić information content (AvgIpc) is 1.21. The maximum Gasteiger partial charge on any atom is 1.00 e. The average molecular weight is 157 g/mol. The Hall–Kier alpha value is 0.457. The van der Waals surface area contributed by atoms with E-state index < -0.39 is 17.7 Å². The summed E-state index contributed by atoms with van der Waals surface area (Å²) in [6.07, 6.45) is -5.09. The van der Waals surface area contributed by atoms with E-state index in [0.29, 0.717) is 0 Å². The summed E-state index contributed by atoms with van der Waals surface area (Å²) in [6.45, 7) is 0. The van der Waals surface area contributed by atoms with Gasteiger partial charge in [-0.25, -0.2) is 8.39 Å². The quantitative estimate of drug-likeness (QED) is 0.310. The number of rotatable bonds is 1. The van der Waals surface area contributed by atoms with Crippen LogP contribution in [0.3, 0.4) is 0 Å². The molecule has 0 aromatic rings. The zero-order chi connectivity index (χ0) is 6.78. The van der Waals surface area contributed by atoms with Gasteiger partial charge in [0.25, 0.3) is 0 Å². The van der Waals surface area contributed by atoms with Gasteiger partial charge in [-0.2, -0.15) is 0 Å². The molecule has 0 aromatic carbocycles. The molecular formula is CHF3LiO3S-. The molecule has 0 aliphatic carbocycles. The van der Waals surface area contributed by atoms with Crippen molar-refractivity contribution in [1.82, 2.24) is 0 Å². The number of hydrogen-bond acceptors (Lipinski definition) is 3. The molecule has 0 bridgehead atoms. The van der Waals surface area contributed by atoms with Crippen molar-refractivity contribution >= 4 is 11.4 Å². The van der Waals surface area contributed by atoms with Gasteiger partial charge in [-0.15, -0.1) is 13.2 Å². The van der Waals surface area contributed by atoms with Crippen LogP contribution >= 0.6 is 0 Å². The first kappa shape index (κ1) is 12.2. The predicted molar refractivity (Wildman–Crippen MR) is 17.2 cm³/mol. The zero-order valence-corrected chi connectivity index (χ0v) is 5.08. The molecule has 52 valence electrons. The number of halogens is 3. The van der Waals surface area contributed by atoms with E-state index in [1.54, 1.807) is 0 Å². The van der Waals surface area contributed by atoms with E-state index in [0.717, 1.165) is 0 Å². The standard InChI is InChI=1S/CHF3O3S.Li.H/c2-1(3,4)7-8(5)6;;/h(H,5,6);;/q;+1;-1/p-1. The second-order valence-electron chi connectivity index (χ2n) is 0.733. The molecule has 1 atom stereocenters. The Morgan fingerprint density at radius 1 is 1.56 bits per heavy atom. The molecule has 3 nitrogen and oxygen atoms in total. The Balaban J connectivity index is -0.000000245. The molecule has 0 radical (unpaired) electrons. The van der Waals surface area contributed by atoms with Gasteiger partial charge in [-0.3, -0.25) is 0 Å². The molecule has 0 aliphatic rings. The summed E-state index contributed by atoms with van der Waals surface area (Å²) in [6, 6.07) is 0. The Morgan fingerprint density at radius 3 is 1.89 bits per heavy atom. The van der Waals surface area contributed by atoms with Crippen LogP contribution in [0.4, 0.5) is 13.2 Å². The summed E-state index contributed by atoms with van der Waals surface area (Å²) < 4.78 is 52.6. The molecule has 0 heterocycles. The van der Waals surface area contributed by atoms with Crippen molar-refractivity contribution < 1.29 is 46.4 Å². The molecule has 0 spiro atoms. The van der Waals surface area contributed by atoms with Gasteiger partial charge in [-0.1, -0.05) is 0 Å². The van der Waals surface area contributed by atoms with E-state index in [1.165, 1.54) is 0 Å². The summed E-state index contributed by atoms with van der Waals surface area (Å²) in [4.78, 5) is 0. The topological polar surface area (TPSA) is 49.4 Å². The molecule has 0 saturated heterocycles. The van der Waals surface area contributed by atoms with Crippen LogP contribution in [0.25, 0.3) is 0 Å². The molecule has 0 aliphatic heterocycles. The smallest absolute Gasteiger partial charge is 1.00 e. The monoisotopic (exact) mass is 157 g/mol. The fourth-order valence-corrected chi connectivity index (χ4v) is 0.231. The van der Waals surface area contributed by atoms with Crippen LogP contribution < -0.4 is 18.9 Å². The molecule has 1 unspecified atom stereocenters. The Labute approximate surface area is 64.7 Å². The third-order valence-corrected chi connectivity index (χ3v) is 0.488. The minimum Gasteiger partial charge on any atom is -1.00 e. The van der Waals surface area contributed by atoms with E-state index in [9.17, 15) is 13.2 Å². The maximum absolute atomic E-state index is 10.7. The van der Waals surface area contributed by atoms with Gasteiger partial charge >= 0.3 is 25.2 Å². The largest absolute Gasteiger partial charge is 1.00 e. The fourth-order valence-electron chi connectivity index (χ4n) is 0.0772. The Kier molecular flexibility index (Phi) is 5.81. The Morgan fingerprint density at radius 2 is 1.89 bits per heavy atom. The first-order valence-corrected chi connectivity index (χ1v) is 2.27. The second-order valence-corrected chi connectivity index (χ2v) is 1.31. The van der Waals surface area contributed by atoms with Gasteiger partial charge < -0.3 is 5.98 Å². The van der Waals surface area contributed by atoms with Crippen LogP contribution in [0, 0.1) is 0 Å². The molecule has 0 rings (SSSR count). The summed E-state index contributed by atoms with van der Waals surface area (Å²) in [5, 5.41) is 0. The van der Waals surface area contributed by atoms with Crippen molar-refractivity contribution in [3.8, 4) is 0 Å². The summed E-state index contributed by atoms with van der Waals surface area (Å²) in [5.41, 5.74) is 0. The first-order chi connectivity index (χ1) is 3.42. The van der Waals surface area contributed by atoms with Crippen LogP contribution in [-0.4, -0.2) is 15.1 Å². The van der Waals surface area contributed by atoms with Crippen molar-refractivity contribution in [1.29, 1.82) is 0 Å². The van der Waals surface area contributed by atoms with Gasteiger partial charge in [0, 0.05) is 0 Å². The third-order valence-electron chi connectivity index (χ3n) is 0.163. The van der Waals surface area contributed by atoms with Crippen molar-refractivity contribution in [3.63, 3.8) is 0 Å². The van der Waals surface area contributed by atoms with Gasteiger partial charge in [-0.05, 0) is 0 Å². The molecule has 9 heavy (non-hydrogen) atoms. The minimum absolute atomic E-state index is 0. The molecule has 0 aromatic heterocycles. The molecule has 8 heteroatoms. The van der Waals surface area contributed by atoms with Crippen molar-refractivity contribution in [2.24, 2.45) is 0 Å². The predicted octanol–water partition coefficient (Wildman–Crippen LogP) is -2.57. The van der Waals surface area contributed by atoms with E-state index in [1.807, 2.05) is 0 Å². The van der Waals surface area contributed by atoms with Gasteiger partial charge in [0.15, 0.2) is 0 Å². The van der Waals surface area contributed by atoms with Crippen LogP contribution in [0.1, 0.15) is 1.43 Å². The van der Waals surface area contributed by atoms with Crippen molar-refractivity contribution in [3.05, 3.63) is 0 Å². The van der Waals surface area contributed by atoms with Gasteiger partial charge in [0.1, 0.15) is 0 Å². The zero-order valence-electron chi connectivity index (χ0n) is 5.27. The minimum atomic E-state index is -5.09. The van der Waals surface area contributed by atoms with Crippen LogP contribution in [0.5, 0.6) is 0 Å². The molecule has 0 amide bonds. The third kappa shape index (κ3) is 11.8. The van der Waals surface area contributed by atoms with Gasteiger partial charge in [0.2, 0.25) is 0 Å². The van der Waals surface area contributed by atoms with E-state index in [4.69, 9.17) is 8.76 Å². The fraction of sp³-hybridized carbons (Fsp3) is 1.00. The SMILES string of the molecule is O=S([O-])OC(F)(F)F.[H-].[Li+]. The molecular weight excluding hydrogens is 156 g/mol. The normalized spacial score (nSPS) is 14.2. The number of alkyl halides is 3.